The molecule has 3 nitrogen and oxygen atoms in total. The predicted octanol–water partition coefficient (Wildman–Crippen LogP) is 1.98. The second kappa shape index (κ2) is 5.54. The lowest BCUT2D eigenvalue weighted by molar-refractivity contribution is 0.0952. The third-order valence-corrected chi connectivity index (χ3v) is 1.90. The number of carbonyl (C=O) groups is 1. The van der Waals surface area contributed by atoms with Gasteiger partial charge in [-0.1, -0.05) is 6.42 Å². The Balaban J connectivity index is 2.19. The molecule has 0 bridgehead atoms. The molecule has 0 fully saturated rings. The van der Waals surface area contributed by atoms with Gasteiger partial charge in [0.15, 0.2) is 11.5 Å². The van der Waals surface area contributed by atoms with Gasteiger partial charge < -0.3 is 10.2 Å². The molecule has 0 amide bonds. The van der Waals surface area contributed by atoms with E-state index in [1.165, 1.54) is 6.26 Å². The van der Waals surface area contributed by atoms with E-state index in [-0.39, 0.29) is 5.78 Å². The monoisotopic (exact) mass is 181 g/mol. The van der Waals surface area contributed by atoms with Crippen molar-refractivity contribution in [2.24, 2.45) is 5.73 Å². The fraction of sp³-hybridized carbons (Fsp3) is 0.500. The second-order valence-electron chi connectivity index (χ2n) is 3.00. The zero-order chi connectivity index (χ0) is 9.52. The van der Waals surface area contributed by atoms with Gasteiger partial charge in [0.25, 0.3) is 0 Å². The summed E-state index contributed by atoms with van der Waals surface area (Å²) in [6.07, 6.45) is 4.99. The number of hydrogen-bond donors (Lipinski definition) is 1. The van der Waals surface area contributed by atoms with Gasteiger partial charge in [-0.15, -0.1) is 0 Å². The van der Waals surface area contributed by atoms with Crippen LogP contribution in [-0.4, -0.2) is 12.3 Å². The van der Waals surface area contributed by atoms with Crippen molar-refractivity contribution in [3.8, 4) is 0 Å². The Kier molecular flexibility index (Phi) is 4.26. The first-order chi connectivity index (χ1) is 6.34. The van der Waals surface area contributed by atoms with Gasteiger partial charge >= 0.3 is 0 Å². The summed E-state index contributed by atoms with van der Waals surface area (Å²) < 4.78 is 4.98. The summed E-state index contributed by atoms with van der Waals surface area (Å²) in [7, 11) is 0. The standard InChI is InChI=1S/C10H15NO2/c11-7-3-1-2-5-9(12)10-6-4-8-13-10/h4,6,8H,1-3,5,7,11H2. The van der Waals surface area contributed by atoms with Crippen LogP contribution in [0.3, 0.4) is 0 Å². The lowest BCUT2D eigenvalue weighted by Crippen LogP contribution is -2.00. The quantitative estimate of drug-likeness (QED) is 0.539. The van der Waals surface area contributed by atoms with Crippen LogP contribution >= 0.6 is 0 Å². The predicted molar refractivity (Wildman–Crippen MR) is 50.6 cm³/mol. The Labute approximate surface area is 77.9 Å². The van der Waals surface area contributed by atoms with E-state index in [9.17, 15) is 4.79 Å². The van der Waals surface area contributed by atoms with Crippen LogP contribution in [0.2, 0.25) is 0 Å². The van der Waals surface area contributed by atoms with E-state index in [1.807, 2.05) is 0 Å². The highest BCUT2D eigenvalue weighted by Gasteiger charge is 2.06. The summed E-state index contributed by atoms with van der Waals surface area (Å²) in [5, 5.41) is 0. The maximum Gasteiger partial charge on any atom is 0.197 e. The lowest BCUT2D eigenvalue weighted by Gasteiger charge is -1.96. The van der Waals surface area contributed by atoms with Crippen LogP contribution < -0.4 is 5.73 Å². The van der Waals surface area contributed by atoms with Crippen LogP contribution in [0.1, 0.15) is 36.2 Å². The molecule has 2 N–H and O–H groups in total. The fourth-order valence-corrected chi connectivity index (χ4v) is 1.17. The molecular weight excluding hydrogens is 166 g/mol. The maximum atomic E-state index is 11.3. The third kappa shape index (κ3) is 3.42. The number of nitrogens with two attached hydrogens (primary N) is 1. The molecule has 0 atom stereocenters. The van der Waals surface area contributed by atoms with E-state index in [0.29, 0.717) is 18.7 Å². The number of furan rings is 1. The number of Topliss-reactive ketones (excluding diaryl/α,β-unsaturated/α-hetero) is 1. The second-order valence-corrected chi connectivity index (χ2v) is 3.00. The molecule has 1 aromatic rings. The molecule has 0 aliphatic rings. The van der Waals surface area contributed by atoms with Gasteiger partial charge in [0.2, 0.25) is 0 Å². The highest BCUT2D eigenvalue weighted by atomic mass is 16.3. The van der Waals surface area contributed by atoms with Crippen LogP contribution in [0.5, 0.6) is 0 Å². The van der Waals surface area contributed by atoms with E-state index in [0.717, 1.165) is 19.3 Å². The van der Waals surface area contributed by atoms with E-state index in [4.69, 9.17) is 10.2 Å². The molecular formula is C10H15NO2. The fourth-order valence-electron chi connectivity index (χ4n) is 1.17. The molecule has 0 radical (unpaired) electrons. The summed E-state index contributed by atoms with van der Waals surface area (Å²) in [6.45, 7) is 0.703. The summed E-state index contributed by atoms with van der Waals surface area (Å²) in [6, 6.07) is 3.43. The number of hydrogen-bond acceptors (Lipinski definition) is 3. The molecule has 1 aromatic heterocycles. The van der Waals surface area contributed by atoms with Gasteiger partial charge in [-0.05, 0) is 31.5 Å². The molecule has 0 unspecified atom stereocenters. The van der Waals surface area contributed by atoms with Crippen molar-refractivity contribution in [1.82, 2.24) is 0 Å². The van der Waals surface area contributed by atoms with Crippen molar-refractivity contribution in [1.29, 1.82) is 0 Å². The number of carbonyl (C=O) groups excluding carboxylic acids is 1. The third-order valence-electron chi connectivity index (χ3n) is 1.90. The molecule has 0 aromatic carbocycles. The van der Waals surface area contributed by atoms with Gasteiger partial charge in [0.1, 0.15) is 0 Å². The van der Waals surface area contributed by atoms with E-state index in [2.05, 4.69) is 0 Å². The summed E-state index contributed by atoms with van der Waals surface area (Å²) >= 11 is 0. The molecule has 13 heavy (non-hydrogen) atoms. The minimum absolute atomic E-state index is 0.0852. The van der Waals surface area contributed by atoms with E-state index < -0.39 is 0 Å². The van der Waals surface area contributed by atoms with E-state index >= 15 is 0 Å². The lowest BCUT2D eigenvalue weighted by atomic mass is 10.1. The Morgan fingerprint density at radius 2 is 2.23 bits per heavy atom. The zero-order valence-corrected chi connectivity index (χ0v) is 7.66. The first kappa shape index (κ1) is 9.99. The van der Waals surface area contributed by atoms with Crippen molar-refractivity contribution in [2.45, 2.75) is 25.7 Å². The van der Waals surface area contributed by atoms with Crippen LogP contribution in [0.25, 0.3) is 0 Å². The van der Waals surface area contributed by atoms with Crippen molar-refractivity contribution < 1.29 is 9.21 Å². The SMILES string of the molecule is NCCCCCC(=O)c1ccco1. The van der Waals surface area contributed by atoms with Gasteiger partial charge in [-0.2, -0.15) is 0 Å². The van der Waals surface area contributed by atoms with Crippen molar-refractivity contribution in [2.75, 3.05) is 6.54 Å². The Morgan fingerprint density at radius 3 is 2.85 bits per heavy atom. The average Bonchev–Trinajstić information content (AvgIpc) is 2.65. The number of ketones is 1. The van der Waals surface area contributed by atoms with Crippen LogP contribution in [-0.2, 0) is 0 Å². The Morgan fingerprint density at radius 1 is 1.38 bits per heavy atom. The minimum atomic E-state index is 0.0852. The summed E-state index contributed by atoms with van der Waals surface area (Å²) in [5.74, 6) is 0.551. The first-order valence-electron chi connectivity index (χ1n) is 4.61. The molecule has 1 rings (SSSR count). The normalized spacial score (nSPS) is 10.2. The van der Waals surface area contributed by atoms with Gasteiger partial charge in [0.05, 0.1) is 6.26 Å². The first-order valence-corrected chi connectivity index (χ1v) is 4.61. The Hall–Kier alpha value is -1.09. The molecule has 72 valence electrons. The highest BCUT2D eigenvalue weighted by Crippen LogP contribution is 2.08. The molecule has 3 heteroatoms. The topological polar surface area (TPSA) is 56.2 Å². The number of unbranched alkanes of at least 4 members (excludes halogenated alkanes) is 2. The molecule has 0 spiro atoms. The van der Waals surface area contributed by atoms with Gasteiger partial charge in [0, 0.05) is 6.42 Å². The maximum absolute atomic E-state index is 11.3. The summed E-state index contributed by atoms with van der Waals surface area (Å²) in [5.41, 5.74) is 5.34. The minimum Gasteiger partial charge on any atom is -0.461 e. The van der Waals surface area contributed by atoms with Crippen molar-refractivity contribution >= 4 is 5.78 Å². The average molecular weight is 181 g/mol. The van der Waals surface area contributed by atoms with Crippen molar-refractivity contribution in [3.63, 3.8) is 0 Å². The Bertz CT molecular complexity index is 241. The van der Waals surface area contributed by atoms with Crippen molar-refractivity contribution in [3.05, 3.63) is 24.2 Å². The molecule has 0 saturated carbocycles. The van der Waals surface area contributed by atoms with Crippen LogP contribution in [0.15, 0.2) is 22.8 Å². The largest absolute Gasteiger partial charge is 0.461 e. The number of rotatable bonds is 6. The smallest absolute Gasteiger partial charge is 0.197 e. The molecule has 0 aliphatic heterocycles. The molecule has 0 aliphatic carbocycles. The van der Waals surface area contributed by atoms with E-state index in [1.54, 1.807) is 12.1 Å². The zero-order valence-electron chi connectivity index (χ0n) is 7.66. The van der Waals surface area contributed by atoms with Gasteiger partial charge in [-0.25, -0.2) is 0 Å². The van der Waals surface area contributed by atoms with Crippen LogP contribution in [0.4, 0.5) is 0 Å². The summed E-state index contributed by atoms with van der Waals surface area (Å²) in [4.78, 5) is 11.3. The van der Waals surface area contributed by atoms with Crippen LogP contribution in [0, 0.1) is 0 Å². The van der Waals surface area contributed by atoms with Gasteiger partial charge in [-0.3, -0.25) is 4.79 Å². The molecule has 1 heterocycles. The highest BCUT2D eigenvalue weighted by molar-refractivity contribution is 5.93. The molecule has 0 saturated heterocycles.